The summed E-state index contributed by atoms with van der Waals surface area (Å²) in [6, 6.07) is 11.5. The largest absolute Gasteiger partial charge is 0.435 e. The van der Waals surface area contributed by atoms with Crippen LogP contribution in [0.1, 0.15) is 49.4 Å². The Hall–Kier alpha value is -3.63. The Labute approximate surface area is 224 Å². The van der Waals surface area contributed by atoms with Crippen molar-refractivity contribution in [3.8, 4) is 0 Å². The minimum Gasteiger partial charge on any atom is -0.374 e. The van der Waals surface area contributed by atoms with Crippen molar-refractivity contribution in [2.75, 3.05) is 0 Å². The van der Waals surface area contributed by atoms with Crippen molar-refractivity contribution in [2.45, 2.75) is 32.0 Å². The average Bonchev–Trinajstić information content (AvgIpc) is 3.30. The van der Waals surface area contributed by atoms with Gasteiger partial charge in [0.15, 0.2) is 0 Å². The SMILES string of the molecule is Cc1cc(C2=NOC(c3cc(Cl)cc(Cl)c3)(C(F)(F)F)C2)ccc1C(=O)NNC(=O)c1cc(F)ccc1C. The van der Waals surface area contributed by atoms with Crippen molar-refractivity contribution in [1.29, 1.82) is 0 Å². The number of nitrogens with one attached hydrogen (secondary N) is 2. The number of carbonyl (C=O) groups excluding carboxylic acids is 2. The molecule has 0 radical (unpaired) electrons. The Kier molecular flexibility index (Phi) is 7.40. The van der Waals surface area contributed by atoms with Crippen molar-refractivity contribution >= 4 is 40.7 Å². The van der Waals surface area contributed by atoms with Gasteiger partial charge in [-0.2, -0.15) is 13.2 Å². The van der Waals surface area contributed by atoms with Crippen molar-refractivity contribution in [3.05, 3.63) is 104 Å². The van der Waals surface area contributed by atoms with Crippen LogP contribution in [0.5, 0.6) is 0 Å². The van der Waals surface area contributed by atoms with Crippen LogP contribution in [0.2, 0.25) is 10.0 Å². The normalized spacial score (nSPS) is 17.0. The van der Waals surface area contributed by atoms with Crippen molar-refractivity contribution < 1.29 is 32.0 Å². The minimum absolute atomic E-state index is 0.00311. The average molecular weight is 568 g/mol. The van der Waals surface area contributed by atoms with Crippen molar-refractivity contribution in [2.24, 2.45) is 5.16 Å². The van der Waals surface area contributed by atoms with E-state index >= 15 is 0 Å². The second-order valence-electron chi connectivity index (χ2n) is 8.69. The maximum atomic E-state index is 14.2. The summed E-state index contributed by atoms with van der Waals surface area (Å²) < 4.78 is 56.2. The Morgan fingerprint density at radius 2 is 1.53 bits per heavy atom. The molecular weight excluding hydrogens is 549 g/mol. The van der Waals surface area contributed by atoms with Crippen LogP contribution in [0.3, 0.4) is 0 Å². The molecule has 2 N–H and O–H groups in total. The summed E-state index contributed by atoms with van der Waals surface area (Å²) in [6.45, 7) is 3.18. The highest BCUT2D eigenvalue weighted by Crippen LogP contribution is 2.49. The lowest BCUT2D eigenvalue weighted by molar-refractivity contribution is -0.275. The second kappa shape index (κ2) is 10.3. The minimum atomic E-state index is -4.85. The van der Waals surface area contributed by atoms with Gasteiger partial charge in [-0.15, -0.1) is 0 Å². The molecule has 0 bridgehead atoms. The van der Waals surface area contributed by atoms with Gasteiger partial charge in [-0.1, -0.05) is 40.5 Å². The van der Waals surface area contributed by atoms with E-state index in [2.05, 4.69) is 16.0 Å². The standard InChI is InChI=1S/C26H19Cl2F4N3O3/c1-13-3-5-19(29)11-21(13)24(37)34-33-23(36)20-6-4-15(7-14(20)2)22-12-25(38-35-22,26(30,31)32)16-8-17(27)10-18(28)9-16/h3-11H,12H2,1-2H3,(H,33,36)(H,34,37). The highest BCUT2D eigenvalue weighted by Gasteiger charge is 2.62. The second-order valence-corrected chi connectivity index (χ2v) is 9.56. The van der Waals surface area contributed by atoms with Crippen LogP contribution in [0.25, 0.3) is 0 Å². The highest BCUT2D eigenvalue weighted by atomic mass is 35.5. The molecule has 0 fully saturated rings. The Morgan fingerprint density at radius 3 is 2.13 bits per heavy atom. The Morgan fingerprint density at radius 1 is 0.895 bits per heavy atom. The maximum Gasteiger partial charge on any atom is 0.435 e. The first-order valence-electron chi connectivity index (χ1n) is 11.1. The smallest absolute Gasteiger partial charge is 0.374 e. The van der Waals surface area contributed by atoms with Gasteiger partial charge in [-0.25, -0.2) is 4.39 Å². The van der Waals surface area contributed by atoms with E-state index in [1.54, 1.807) is 13.8 Å². The Balaban J connectivity index is 1.51. The fourth-order valence-corrected chi connectivity index (χ4v) is 4.56. The molecule has 2 amide bonds. The lowest BCUT2D eigenvalue weighted by Crippen LogP contribution is -2.42. The van der Waals surface area contributed by atoms with Crippen molar-refractivity contribution in [3.63, 3.8) is 0 Å². The predicted octanol–water partition coefficient (Wildman–Crippen LogP) is 6.41. The topological polar surface area (TPSA) is 79.8 Å². The number of oxime groups is 1. The molecule has 1 aliphatic heterocycles. The molecule has 0 aliphatic carbocycles. The number of benzene rings is 3. The number of carbonyl (C=O) groups is 2. The molecule has 0 saturated heterocycles. The number of nitrogens with zero attached hydrogens (tertiary/aromatic N) is 1. The van der Waals surface area contributed by atoms with Crippen LogP contribution in [-0.4, -0.2) is 23.7 Å². The molecule has 6 nitrogen and oxygen atoms in total. The molecule has 0 spiro atoms. The van der Waals surface area contributed by atoms with Gasteiger partial charge in [0, 0.05) is 33.2 Å². The van der Waals surface area contributed by atoms with E-state index in [9.17, 15) is 27.2 Å². The van der Waals surface area contributed by atoms with Gasteiger partial charge in [0.25, 0.3) is 17.4 Å². The third kappa shape index (κ3) is 5.32. The van der Waals surface area contributed by atoms with E-state index in [0.717, 1.165) is 18.2 Å². The molecule has 0 aromatic heterocycles. The summed E-state index contributed by atoms with van der Waals surface area (Å²) >= 11 is 11.9. The highest BCUT2D eigenvalue weighted by molar-refractivity contribution is 6.34. The molecule has 1 aliphatic rings. The number of halogens is 6. The van der Waals surface area contributed by atoms with Gasteiger partial charge in [-0.05, 0) is 73.0 Å². The van der Waals surface area contributed by atoms with Gasteiger partial charge >= 0.3 is 6.18 Å². The zero-order chi connectivity index (χ0) is 27.8. The van der Waals surface area contributed by atoms with E-state index in [4.69, 9.17) is 28.0 Å². The number of hydrazine groups is 1. The molecule has 38 heavy (non-hydrogen) atoms. The Bertz CT molecular complexity index is 1460. The molecule has 3 aromatic rings. The molecule has 12 heteroatoms. The number of amides is 2. The van der Waals surface area contributed by atoms with Crippen LogP contribution >= 0.6 is 23.2 Å². The zero-order valence-electron chi connectivity index (χ0n) is 19.8. The quantitative estimate of drug-likeness (QED) is 0.282. The number of rotatable bonds is 4. The lowest BCUT2D eigenvalue weighted by atomic mass is 9.86. The summed E-state index contributed by atoms with van der Waals surface area (Å²) in [5.41, 5.74) is 2.79. The predicted molar refractivity (Wildman–Crippen MR) is 134 cm³/mol. The summed E-state index contributed by atoms with van der Waals surface area (Å²) in [7, 11) is 0. The van der Waals surface area contributed by atoms with Crippen molar-refractivity contribution in [1.82, 2.24) is 10.9 Å². The summed E-state index contributed by atoms with van der Waals surface area (Å²) in [5, 5.41) is 3.73. The van der Waals surface area contributed by atoms with E-state index in [0.29, 0.717) is 16.7 Å². The number of hydrogen-bond donors (Lipinski definition) is 2. The van der Waals surface area contributed by atoms with Gasteiger partial charge in [0.1, 0.15) is 5.82 Å². The molecule has 1 heterocycles. The summed E-state index contributed by atoms with van der Waals surface area (Å²) in [4.78, 5) is 30.0. The monoisotopic (exact) mass is 567 g/mol. The van der Waals surface area contributed by atoms with Crippen LogP contribution < -0.4 is 10.9 Å². The van der Waals surface area contributed by atoms with E-state index < -0.39 is 35.8 Å². The molecule has 0 saturated carbocycles. The number of hydrogen-bond acceptors (Lipinski definition) is 4. The van der Waals surface area contributed by atoms with Crippen LogP contribution in [0.15, 0.2) is 59.8 Å². The van der Waals surface area contributed by atoms with E-state index in [1.807, 2.05) is 0 Å². The molecule has 1 unspecified atom stereocenters. The fraction of sp³-hybridized carbons (Fsp3) is 0.192. The first-order valence-corrected chi connectivity index (χ1v) is 11.8. The van der Waals surface area contributed by atoms with Gasteiger partial charge in [0.05, 0.1) is 5.71 Å². The van der Waals surface area contributed by atoms with E-state index in [-0.39, 0.29) is 32.4 Å². The fourth-order valence-electron chi connectivity index (χ4n) is 4.03. The zero-order valence-corrected chi connectivity index (χ0v) is 21.4. The number of alkyl halides is 3. The molecule has 1 atom stereocenters. The van der Waals surface area contributed by atoms with E-state index in [1.165, 1.54) is 36.4 Å². The molecule has 3 aromatic carbocycles. The molecule has 198 valence electrons. The van der Waals surface area contributed by atoms with Gasteiger partial charge in [-0.3, -0.25) is 20.4 Å². The summed E-state index contributed by atoms with van der Waals surface area (Å²) in [6.07, 6.45) is -5.50. The molecule has 4 rings (SSSR count). The summed E-state index contributed by atoms with van der Waals surface area (Å²) in [5.74, 6) is -2.00. The first-order chi connectivity index (χ1) is 17.8. The maximum absolute atomic E-state index is 14.2. The lowest BCUT2D eigenvalue weighted by Gasteiger charge is -2.29. The van der Waals surface area contributed by atoms with Gasteiger partial charge in [0.2, 0.25) is 0 Å². The van der Waals surface area contributed by atoms with Crippen LogP contribution in [-0.2, 0) is 10.4 Å². The third-order valence-electron chi connectivity index (χ3n) is 6.05. The third-order valence-corrected chi connectivity index (χ3v) is 6.49. The number of aryl methyl sites for hydroxylation is 2. The molecular formula is C26H19Cl2F4N3O3. The van der Waals surface area contributed by atoms with Crippen LogP contribution in [0.4, 0.5) is 17.6 Å². The van der Waals surface area contributed by atoms with Gasteiger partial charge < -0.3 is 4.84 Å². The van der Waals surface area contributed by atoms with Crippen LogP contribution in [0, 0.1) is 19.7 Å². The first kappa shape index (κ1) is 27.4.